The van der Waals surface area contributed by atoms with Gasteiger partial charge in [-0.05, 0) is 25.1 Å². The van der Waals surface area contributed by atoms with Crippen LogP contribution in [0.3, 0.4) is 0 Å². The highest BCUT2D eigenvalue weighted by Gasteiger charge is 2.20. The van der Waals surface area contributed by atoms with E-state index in [4.69, 9.17) is 5.11 Å². The average molecular weight is 311 g/mol. The Morgan fingerprint density at radius 2 is 2.05 bits per heavy atom. The van der Waals surface area contributed by atoms with Gasteiger partial charge in [-0.3, -0.25) is 9.40 Å². The lowest BCUT2D eigenvalue weighted by atomic mass is 10.2. The molecule has 0 spiro atoms. The van der Waals surface area contributed by atoms with Crippen LogP contribution in [0, 0.1) is 6.92 Å². The molecule has 2 rings (SSSR count). The Balaban J connectivity index is 2.42. The summed E-state index contributed by atoms with van der Waals surface area (Å²) in [6.07, 6.45) is 1.49. The second-order valence-electron chi connectivity index (χ2n) is 4.39. The fourth-order valence-corrected chi connectivity index (χ4v) is 2.89. The van der Waals surface area contributed by atoms with E-state index in [2.05, 4.69) is 9.82 Å². The van der Waals surface area contributed by atoms with E-state index < -0.39 is 27.3 Å². The predicted octanol–water partition coefficient (Wildman–Crippen LogP) is 0.933. The van der Waals surface area contributed by atoms with Crippen LogP contribution in [-0.4, -0.2) is 34.4 Å². The van der Waals surface area contributed by atoms with Crippen molar-refractivity contribution in [1.82, 2.24) is 9.78 Å². The molecule has 1 aromatic heterocycles. The van der Waals surface area contributed by atoms with Crippen molar-refractivity contribution in [2.45, 2.75) is 11.8 Å². The summed E-state index contributed by atoms with van der Waals surface area (Å²) in [4.78, 5) is 10.7. The number of nitrogens with one attached hydrogen (secondary N) is 1. The third kappa shape index (κ3) is 2.97. The third-order valence-corrected chi connectivity index (χ3v) is 4.13. The molecule has 2 aromatic rings. The number of phenols is 1. The van der Waals surface area contributed by atoms with Gasteiger partial charge in [-0.2, -0.15) is 5.10 Å². The summed E-state index contributed by atoms with van der Waals surface area (Å²) < 4.78 is 28.2. The molecule has 0 aliphatic carbocycles. The third-order valence-electron chi connectivity index (χ3n) is 2.77. The minimum Gasteiger partial charge on any atom is -0.507 e. The van der Waals surface area contributed by atoms with E-state index in [1.54, 1.807) is 14.0 Å². The highest BCUT2D eigenvalue weighted by Crippen LogP contribution is 2.24. The Morgan fingerprint density at radius 3 is 2.57 bits per heavy atom. The van der Waals surface area contributed by atoms with Gasteiger partial charge in [-0.1, -0.05) is 0 Å². The summed E-state index contributed by atoms with van der Waals surface area (Å²) in [5.74, 6) is -1.92. The van der Waals surface area contributed by atoms with Crippen molar-refractivity contribution in [3.05, 3.63) is 35.7 Å². The first-order valence-electron chi connectivity index (χ1n) is 5.80. The largest absolute Gasteiger partial charge is 0.507 e. The molecule has 0 fully saturated rings. The number of carboxylic acids is 1. The van der Waals surface area contributed by atoms with E-state index in [0.717, 1.165) is 18.2 Å². The van der Waals surface area contributed by atoms with E-state index in [-0.39, 0.29) is 4.90 Å². The number of sulfonamides is 1. The van der Waals surface area contributed by atoms with E-state index >= 15 is 0 Å². The van der Waals surface area contributed by atoms with Crippen LogP contribution in [0.15, 0.2) is 29.3 Å². The van der Waals surface area contributed by atoms with Crippen LogP contribution in [0.1, 0.15) is 16.1 Å². The molecule has 8 nitrogen and oxygen atoms in total. The molecule has 0 bridgehead atoms. The lowest BCUT2D eigenvalue weighted by molar-refractivity contribution is 0.0693. The monoisotopic (exact) mass is 311 g/mol. The molecule has 9 heteroatoms. The summed E-state index contributed by atoms with van der Waals surface area (Å²) in [6, 6.07) is 3.04. The van der Waals surface area contributed by atoms with Crippen molar-refractivity contribution >= 4 is 21.7 Å². The molecule has 0 saturated heterocycles. The Kier molecular flexibility index (Phi) is 3.60. The lowest BCUT2D eigenvalue weighted by Gasteiger charge is -2.08. The van der Waals surface area contributed by atoms with E-state index in [9.17, 15) is 18.3 Å². The number of carbonyl (C=O) groups is 1. The molecule has 112 valence electrons. The maximum absolute atomic E-state index is 12.2. The van der Waals surface area contributed by atoms with Crippen molar-refractivity contribution in [3.63, 3.8) is 0 Å². The zero-order chi connectivity index (χ0) is 15.8. The van der Waals surface area contributed by atoms with Gasteiger partial charge in [0.25, 0.3) is 10.0 Å². The van der Waals surface area contributed by atoms with Gasteiger partial charge < -0.3 is 10.2 Å². The summed E-state index contributed by atoms with van der Waals surface area (Å²) in [7, 11) is -2.33. The fraction of sp³-hybridized carbons (Fsp3) is 0.167. The fourth-order valence-electron chi connectivity index (χ4n) is 1.76. The summed E-state index contributed by atoms with van der Waals surface area (Å²) >= 11 is 0. The number of benzene rings is 1. The van der Waals surface area contributed by atoms with Crippen molar-refractivity contribution in [2.24, 2.45) is 7.05 Å². The molecule has 0 aliphatic rings. The number of anilines is 1. The first kappa shape index (κ1) is 14.9. The standard InChI is InChI=1S/C12H13N3O5S/c1-7-10(6-15(2)13-7)14-21(19,20)8-3-4-11(16)9(5-8)12(17)18/h3-6,14,16H,1-2H3,(H,17,18). The van der Waals surface area contributed by atoms with Crippen molar-refractivity contribution in [1.29, 1.82) is 0 Å². The number of hydrogen-bond acceptors (Lipinski definition) is 5. The van der Waals surface area contributed by atoms with Crippen LogP contribution in [0.25, 0.3) is 0 Å². The van der Waals surface area contributed by atoms with Gasteiger partial charge in [0.2, 0.25) is 0 Å². The second-order valence-corrected chi connectivity index (χ2v) is 6.07. The Hall–Kier alpha value is -2.55. The van der Waals surface area contributed by atoms with Gasteiger partial charge >= 0.3 is 5.97 Å². The number of rotatable bonds is 4. The molecule has 21 heavy (non-hydrogen) atoms. The van der Waals surface area contributed by atoms with Gasteiger partial charge in [-0.15, -0.1) is 0 Å². The normalized spacial score (nSPS) is 11.3. The first-order valence-corrected chi connectivity index (χ1v) is 7.28. The highest BCUT2D eigenvalue weighted by atomic mass is 32.2. The quantitative estimate of drug-likeness (QED) is 0.772. The van der Waals surface area contributed by atoms with Crippen LogP contribution >= 0.6 is 0 Å². The zero-order valence-corrected chi connectivity index (χ0v) is 12.0. The van der Waals surface area contributed by atoms with Crippen molar-refractivity contribution in [2.75, 3.05) is 4.72 Å². The van der Waals surface area contributed by atoms with Crippen molar-refractivity contribution < 1.29 is 23.4 Å². The van der Waals surface area contributed by atoms with Crippen LogP contribution < -0.4 is 4.72 Å². The SMILES string of the molecule is Cc1nn(C)cc1NS(=O)(=O)c1ccc(O)c(C(=O)O)c1. The second kappa shape index (κ2) is 5.09. The number of hydrogen-bond donors (Lipinski definition) is 3. The molecule has 3 N–H and O–H groups in total. The minimum absolute atomic E-state index is 0.263. The van der Waals surface area contributed by atoms with Crippen molar-refractivity contribution in [3.8, 4) is 5.75 Å². The molecule has 1 aromatic carbocycles. The van der Waals surface area contributed by atoms with Crippen LogP contribution in [0.2, 0.25) is 0 Å². The number of aromatic hydroxyl groups is 1. The minimum atomic E-state index is -3.97. The highest BCUT2D eigenvalue weighted by molar-refractivity contribution is 7.92. The van der Waals surface area contributed by atoms with Gasteiger partial charge in [-0.25, -0.2) is 13.2 Å². The molecule has 0 unspecified atom stereocenters. The van der Waals surface area contributed by atoms with Crippen LogP contribution in [0.5, 0.6) is 5.75 Å². The smallest absolute Gasteiger partial charge is 0.339 e. The first-order chi connectivity index (χ1) is 9.70. The Labute approximate surface area is 120 Å². The van der Waals surface area contributed by atoms with Gasteiger partial charge in [0, 0.05) is 13.2 Å². The molecule has 1 heterocycles. The van der Waals surface area contributed by atoms with Gasteiger partial charge in [0.15, 0.2) is 0 Å². The molecule has 0 saturated carbocycles. The zero-order valence-electron chi connectivity index (χ0n) is 11.2. The van der Waals surface area contributed by atoms with Gasteiger partial charge in [0.05, 0.1) is 16.3 Å². The Bertz CT molecular complexity index is 810. The number of carboxylic acid groups (broad SMARTS) is 1. The van der Waals surface area contributed by atoms with Gasteiger partial charge in [0.1, 0.15) is 11.3 Å². The molecular weight excluding hydrogens is 298 g/mol. The van der Waals surface area contributed by atoms with E-state index in [1.807, 2.05) is 0 Å². The maximum atomic E-state index is 12.2. The summed E-state index contributed by atoms with van der Waals surface area (Å²) in [5, 5.41) is 22.3. The van der Waals surface area contributed by atoms with Crippen LogP contribution in [-0.2, 0) is 17.1 Å². The summed E-state index contributed by atoms with van der Waals surface area (Å²) in [5.41, 5.74) is 0.293. The molecule has 0 aliphatic heterocycles. The van der Waals surface area contributed by atoms with E-state index in [1.165, 1.54) is 10.9 Å². The van der Waals surface area contributed by atoms with E-state index in [0.29, 0.717) is 11.4 Å². The molecule has 0 atom stereocenters. The number of aromatic nitrogens is 2. The Morgan fingerprint density at radius 1 is 1.38 bits per heavy atom. The lowest BCUT2D eigenvalue weighted by Crippen LogP contribution is -2.14. The molecular formula is C12H13N3O5S. The van der Waals surface area contributed by atoms with Crippen LogP contribution in [0.4, 0.5) is 5.69 Å². The average Bonchev–Trinajstić information content (AvgIpc) is 2.66. The maximum Gasteiger partial charge on any atom is 0.339 e. The molecule has 0 amide bonds. The number of aromatic carboxylic acids is 1. The summed E-state index contributed by atoms with van der Waals surface area (Å²) in [6.45, 7) is 1.64. The number of aryl methyl sites for hydroxylation is 2. The topological polar surface area (TPSA) is 122 Å². The predicted molar refractivity (Wildman–Crippen MR) is 73.8 cm³/mol. The number of nitrogens with zero attached hydrogens (tertiary/aromatic N) is 2. The molecule has 0 radical (unpaired) electrons.